The number of nitrogens with one attached hydrogen (secondary N) is 2. The van der Waals surface area contributed by atoms with Gasteiger partial charge in [-0.15, -0.1) is 0 Å². The molecule has 0 aliphatic carbocycles. The van der Waals surface area contributed by atoms with Gasteiger partial charge in [0.05, 0.1) is 0 Å². The first-order valence-electron chi connectivity index (χ1n) is 9.64. The van der Waals surface area contributed by atoms with Crippen LogP contribution in [0.5, 0.6) is 0 Å². The average molecular weight is 387 g/mol. The second kappa shape index (κ2) is 9.15. The molecule has 0 bridgehead atoms. The van der Waals surface area contributed by atoms with Crippen LogP contribution in [0.1, 0.15) is 57.3 Å². The van der Waals surface area contributed by atoms with E-state index in [4.69, 9.17) is 0 Å². The molecule has 0 saturated heterocycles. The van der Waals surface area contributed by atoms with Gasteiger partial charge < -0.3 is 10.6 Å². The first-order chi connectivity index (χ1) is 13.9. The molecule has 3 aromatic rings. The molecule has 5 heteroatoms. The Bertz CT molecular complexity index is 1010. The molecule has 148 valence electrons. The number of hydrogen-bond acceptors (Lipinski definition) is 3. The fraction of sp³-hybridized carbons (Fsp3) is 0.208. The van der Waals surface area contributed by atoms with Crippen molar-refractivity contribution in [3.05, 3.63) is 94.8 Å². The molecule has 0 aliphatic rings. The van der Waals surface area contributed by atoms with Crippen LogP contribution in [0.3, 0.4) is 0 Å². The van der Waals surface area contributed by atoms with E-state index in [1.54, 1.807) is 6.07 Å². The number of pyridine rings is 1. The maximum absolute atomic E-state index is 12.7. The molecule has 0 fully saturated rings. The van der Waals surface area contributed by atoms with Gasteiger partial charge in [0.1, 0.15) is 5.69 Å². The van der Waals surface area contributed by atoms with Crippen molar-refractivity contribution in [2.45, 2.75) is 33.2 Å². The zero-order valence-electron chi connectivity index (χ0n) is 16.9. The number of anilines is 1. The van der Waals surface area contributed by atoms with Crippen LogP contribution in [-0.4, -0.2) is 16.8 Å². The summed E-state index contributed by atoms with van der Waals surface area (Å²) >= 11 is 0. The SMILES string of the molecule is Cc1ccc(CNC(=O)c2ccnc(C(=O)Nc3ccccc3C(C)C)c2)cc1. The summed E-state index contributed by atoms with van der Waals surface area (Å²) in [6.45, 7) is 6.58. The van der Waals surface area contributed by atoms with Crippen molar-refractivity contribution >= 4 is 17.5 Å². The molecule has 0 aliphatic heterocycles. The average Bonchev–Trinajstić information content (AvgIpc) is 2.73. The minimum atomic E-state index is -0.341. The molecule has 29 heavy (non-hydrogen) atoms. The second-order valence-electron chi connectivity index (χ2n) is 7.29. The number of carbonyl (C=O) groups is 2. The highest BCUT2D eigenvalue weighted by Gasteiger charge is 2.14. The maximum atomic E-state index is 12.7. The predicted molar refractivity (Wildman–Crippen MR) is 115 cm³/mol. The zero-order valence-corrected chi connectivity index (χ0v) is 16.9. The number of para-hydroxylation sites is 1. The quantitative estimate of drug-likeness (QED) is 0.644. The molecule has 5 nitrogen and oxygen atoms in total. The molecule has 0 unspecified atom stereocenters. The molecule has 0 saturated carbocycles. The molecule has 2 N–H and O–H groups in total. The van der Waals surface area contributed by atoms with Crippen LogP contribution in [0.4, 0.5) is 5.69 Å². The highest BCUT2D eigenvalue weighted by Crippen LogP contribution is 2.24. The maximum Gasteiger partial charge on any atom is 0.274 e. The van der Waals surface area contributed by atoms with Crippen molar-refractivity contribution in [2.24, 2.45) is 0 Å². The molecule has 2 amide bonds. The Morgan fingerprint density at radius 1 is 0.966 bits per heavy atom. The van der Waals surface area contributed by atoms with E-state index in [1.165, 1.54) is 17.8 Å². The van der Waals surface area contributed by atoms with Crippen LogP contribution in [0.15, 0.2) is 66.9 Å². The van der Waals surface area contributed by atoms with E-state index >= 15 is 0 Å². The highest BCUT2D eigenvalue weighted by atomic mass is 16.2. The van der Waals surface area contributed by atoms with Crippen LogP contribution >= 0.6 is 0 Å². The lowest BCUT2D eigenvalue weighted by atomic mass is 10.0. The number of carbonyl (C=O) groups excluding carboxylic acids is 2. The Labute approximate surface area is 171 Å². The van der Waals surface area contributed by atoms with Gasteiger partial charge in [0.25, 0.3) is 11.8 Å². The Kier molecular flexibility index (Phi) is 6.39. The van der Waals surface area contributed by atoms with Crippen molar-refractivity contribution in [3.63, 3.8) is 0 Å². The fourth-order valence-electron chi connectivity index (χ4n) is 2.99. The molecular weight excluding hydrogens is 362 g/mol. The third-order valence-electron chi connectivity index (χ3n) is 4.66. The van der Waals surface area contributed by atoms with Crippen molar-refractivity contribution in [1.29, 1.82) is 0 Å². The zero-order chi connectivity index (χ0) is 20.8. The van der Waals surface area contributed by atoms with Gasteiger partial charge in [-0.2, -0.15) is 0 Å². The van der Waals surface area contributed by atoms with Gasteiger partial charge in [-0.3, -0.25) is 14.6 Å². The van der Waals surface area contributed by atoms with Gasteiger partial charge in [-0.1, -0.05) is 61.9 Å². The largest absolute Gasteiger partial charge is 0.348 e. The summed E-state index contributed by atoms with van der Waals surface area (Å²) in [5.41, 5.74) is 4.59. The van der Waals surface area contributed by atoms with E-state index in [-0.39, 0.29) is 23.4 Å². The second-order valence-corrected chi connectivity index (χ2v) is 7.29. The van der Waals surface area contributed by atoms with Gasteiger partial charge in [-0.25, -0.2) is 0 Å². The molecule has 0 atom stereocenters. The molecular formula is C24H25N3O2. The minimum Gasteiger partial charge on any atom is -0.348 e. The van der Waals surface area contributed by atoms with Gasteiger partial charge >= 0.3 is 0 Å². The predicted octanol–water partition coefficient (Wildman–Crippen LogP) is 4.70. The number of aryl methyl sites for hydroxylation is 1. The lowest BCUT2D eigenvalue weighted by Crippen LogP contribution is -2.23. The van der Waals surface area contributed by atoms with E-state index in [0.717, 1.165) is 16.8 Å². The van der Waals surface area contributed by atoms with E-state index < -0.39 is 0 Å². The van der Waals surface area contributed by atoms with Crippen LogP contribution in [0, 0.1) is 6.92 Å². The normalized spacial score (nSPS) is 10.6. The fourth-order valence-corrected chi connectivity index (χ4v) is 2.99. The van der Waals surface area contributed by atoms with Gasteiger partial charge in [0.15, 0.2) is 0 Å². The van der Waals surface area contributed by atoms with Crippen molar-refractivity contribution in [3.8, 4) is 0 Å². The standard InChI is InChI=1S/C24H25N3O2/c1-16(2)20-6-4-5-7-21(20)27-24(29)22-14-19(12-13-25-22)23(28)26-15-18-10-8-17(3)9-11-18/h4-14,16H,15H2,1-3H3,(H,26,28)(H,27,29). The highest BCUT2D eigenvalue weighted by molar-refractivity contribution is 6.05. The Morgan fingerprint density at radius 3 is 2.41 bits per heavy atom. The molecule has 3 rings (SSSR count). The number of rotatable bonds is 6. The minimum absolute atomic E-state index is 0.201. The Balaban J connectivity index is 1.69. The van der Waals surface area contributed by atoms with E-state index in [9.17, 15) is 9.59 Å². The molecule has 0 spiro atoms. The number of hydrogen-bond donors (Lipinski definition) is 2. The van der Waals surface area contributed by atoms with E-state index in [0.29, 0.717) is 12.1 Å². The lowest BCUT2D eigenvalue weighted by Gasteiger charge is -2.13. The molecule has 1 aromatic heterocycles. The topological polar surface area (TPSA) is 71.1 Å². The number of benzene rings is 2. The van der Waals surface area contributed by atoms with Crippen molar-refractivity contribution in [2.75, 3.05) is 5.32 Å². The Hall–Kier alpha value is -3.47. The molecule has 0 radical (unpaired) electrons. The first-order valence-corrected chi connectivity index (χ1v) is 9.64. The summed E-state index contributed by atoms with van der Waals surface area (Å²) in [5, 5.41) is 5.78. The van der Waals surface area contributed by atoms with E-state index in [2.05, 4.69) is 29.5 Å². The van der Waals surface area contributed by atoms with Crippen LogP contribution in [-0.2, 0) is 6.54 Å². The number of nitrogens with zero attached hydrogens (tertiary/aromatic N) is 1. The van der Waals surface area contributed by atoms with Crippen molar-refractivity contribution < 1.29 is 9.59 Å². The van der Waals surface area contributed by atoms with Gasteiger partial charge in [0, 0.05) is 24.0 Å². The third kappa shape index (κ3) is 5.29. The summed E-state index contributed by atoms with van der Waals surface area (Å²) in [4.78, 5) is 29.3. The summed E-state index contributed by atoms with van der Waals surface area (Å²) in [5.74, 6) is -0.311. The summed E-state index contributed by atoms with van der Waals surface area (Å²) < 4.78 is 0. The van der Waals surface area contributed by atoms with Gasteiger partial charge in [0.2, 0.25) is 0 Å². The molecule has 2 aromatic carbocycles. The number of amides is 2. The summed E-state index contributed by atoms with van der Waals surface area (Å²) in [7, 11) is 0. The number of aromatic nitrogens is 1. The lowest BCUT2D eigenvalue weighted by molar-refractivity contribution is 0.0951. The summed E-state index contributed by atoms with van der Waals surface area (Å²) in [6.07, 6.45) is 1.48. The van der Waals surface area contributed by atoms with Gasteiger partial charge in [-0.05, 0) is 42.2 Å². The van der Waals surface area contributed by atoms with Crippen LogP contribution in [0.25, 0.3) is 0 Å². The Morgan fingerprint density at radius 2 is 1.69 bits per heavy atom. The van der Waals surface area contributed by atoms with Crippen LogP contribution < -0.4 is 10.6 Å². The monoisotopic (exact) mass is 387 g/mol. The van der Waals surface area contributed by atoms with E-state index in [1.807, 2.05) is 55.5 Å². The smallest absolute Gasteiger partial charge is 0.274 e. The first kappa shape index (κ1) is 20.3. The summed E-state index contributed by atoms with van der Waals surface area (Å²) in [6, 6.07) is 18.8. The van der Waals surface area contributed by atoms with Crippen molar-refractivity contribution in [1.82, 2.24) is 10.3 Å². The third-order valence-corrected chi connectivity index (χ3v) is 4.66. The van der Waals surface area contributed by atoms with Crippen LogP contribution in [0.2, 0.25) is 0 Å². The molecule has 1 heterocycles.